The Balaban J connectivity index is 1.46. The molecule has 4 rings (SSSR count). The van der Waals surface area contributed by atoms with Crippen molar-refractivity contribution in [3.63, 3.8) is 0 Å². The number of hydrogen-bond donors (Lipinski definition) is 2. The molecule has 0 bridgehead atoms. The minimum atomic E-state index is -0.0514. The normalized spacial score (nSPS) is 17.6. The fourth-order valence-electron chi connectivity index (χ4n) is 4.01. The molecular formula is C19H25N5O. The van der Waals surface area contributed by atoms with E-state index in [-0.39, 0.29) is 5.91 Å². The van der Waals surface area contributed by atoms with Crippen LogP contribution in [0, 0.1) is 0 Å². The first-order valence-corrected chi connectivity index (χ1v) is 9.35. The quantitative estimate of drug-likeness (QED) is 0.898. The van der Waals surface area contributed by atoms with Crippen molar-refractivity contribution in [2.24, 2.45) is 0 Å². The molecular weight excluding hydrogens is 314 g/mol. The van der Waals surface area contributed by atoms with Gasteiger partial charge in [-0.25, -0.2) is 0 Å². The third-order valence-electron chi connectivity index (χ3n) is 5.34. The molecule has 6 heteroatoms. The Hall–Kier alpha value is -2.37. The van der Waals surface area contributed by atoms with E-state index in [9.17, 15) is 4.79 Å². The summed E-state index contributed by atoms with van der Waals surface area (Å²) in [6, 6.07) is 6.42. The van der Waals surface area contributed by atoms with Crippen molar-refractivity contribution in [1.82, 2.24) is 20.1 Å². The van der Waals surface area contributed by atoms with Gasteiger partial charge in [0.2, 0.25) is 0 Å². The van der Waals surface area contributed by atoms with Gasteiger partial charge in [-0.05, 0) is 37.3 Å². The summed E-state index contributed by atoms with van der Waals surface area (Å²) in [4.78, 5) is 12.7. The number of carbonyl (C=O) groups is 1. The van der Waals surface area contributed by atoms with Crippen molar-refractivity contribution in [3.8, 4) is 0 Å². The van der Waals surface area contributed by atoms with Crippen LogP contribution in [0.25, 0.3) is 0 Å². The fourth-order valence-corrected chi connectivity index (χ4v) is 4.01. The molecule has 0 atom stereocenters. The second-order valence-electron chi connectivity index (χ2n) is 7.00. The lowest BCUT2D eigenvalue weighted by Crippen LogP contribution is -2.27. The average molecular weight is 339 g/mol. The second kappa shape index (κ2) is 7.25. The largest absolute Gasteiger partial charge is 0.384 e. The predicted molar refractivity (Wildman–Crippen MR) is 96.6 cm³/mol. The lowest BCUT2D eigenvalue weighted by atomic mass is 9.95. The van der Waals surface area contributed by atoms with Gasteiger partial charge < -0.3 is 15.2 Å². The molecule has 25 heavy (non-hydrogen) atoms. The molecule has 0 saturated heterocycles. The Labute approximate surface area is 148 Å². The molecule has 2 aliphatic rings. The van der Waals surface area contributed by atoms with Crippen molar-refractivity contribution >= 4 is 11.6 Å². The maximum Gasteiger partial charge on any atom is 0.253 e. The Morgan fingerprint density at radius 3 is 3.00 bits per heavy atom. The van der Waals surface area contributed by atoms with E-state index in [0.717, 1.165) is 36.5 Å². The number of carbonyl (C=O) groups excluding carboxylic acids is 1. The lowest BCUT2D eigenvalue weighted by Gasteiger charge is -2.24. The molecule has 1 aliphatic heterocycles. The Bertz CT molecular complexity index is 748. The summed E-state index contributed by atoms with van der Waals surface area (Å²) in [6.45, 7) is 1.34. The van der Waals surface area contributed by atoms with Crippen LogP contribution in [-0.2, 0) is 13.0 Å². The maximum atomic E-state index is 12.7. The highest BCUT2D eigenvalue weighted by Crippen LogP contribution is 2.29. The summed E-state index contributed by atoms with van der Waals surface area (Å²) in [5.41, 5.74) is 2.94. The minimum Gasteiger partial charge on any atom is -0.384 e. The number of benzene rings is 1. The lowest BCUT2D eigenvalue weighted by molar-refractivity contribution is 0.0949. The topological polar surface area (TPSA) is 71.8 Å². The minimum absolute atomic E-state index is 0.0514. The highest BCUT2D eigenvalue weighted by molar-refractivity contribution is 6.00. The van der Waals surface area contributed by atoms with Gasteiger partial charge in [-0.15, -0.1) is 10.2 Å². The molecule has 2 heterocycles. The monoisotopic (exact) mass is 339 g/mol. The van der Waals surface area contributed by atoms with Crippen molar-refractivity contribution in [1.29, 1.82) is 0 Å². The molecule has 1 aliphatic carbocycles. The van der Waals surface area contributed by atoms with E-state index in [2.05, 4.69) is 31.5 Å². The van der Waals surface area contributed by atoms with Crippen LogP contribution in [0.4, 0.5) is 5.69 Å². The van der Waals surface area contributed by atoms with E-state index in [4.69, 9.17) is 0 Å². The average Bonchev–Trinajstić information content (AvgIpc) is 3.15. The highest BCUT2D eigenvalue weighted by Gasteiger charge is 2.20. The molecule has 0 spiro atoms. The zero-order valence-corrected chi connectivity index (χ0v) is 14.5. The van der Waals surface area contributed by atoms with E-state index in [1.807, 2.05) is 18.5 Å². The SMILES string of the molecule is O=C(NCc1nncn1C1CCCCC1)c1cccc2c1NCCC2. The fraction of sp³-hybridized carbons (Fsp3) is 0.526. The van der Waals surface area contributed by atoms with E-state index < -0.39 is 0 Å². The highest BCUT2D eigenvalue weighted by atomic mass is 16.1. The van der Waals surface area contributed by atoms with Crippen molar-refractivity contribution in [3.05, 3.63) is 41.5 Å². The number of amides is 1. The Morgan fingerprint density at radius 2 is 2.12 bits per heavy atom. The smallest absolute Gasteiger partial charge is 0.253 e. The van der Waals surface area contributed by atoms with Crippen LogP contribution in [0.5, 0.6) is 0 Å². The van der Waals surface area contributed by atoms with Gasteiger partial charge in [0.05, 0.1) is 17.8 Å². The summed E-state index contributed by atoms with van der Waals surface area (Å²) in [6.07, 6.45) is 10.1. The van der Waals surface area contributed by atoms with Crippen LogP contribution in [0.1, 0.15) is 66.3 Å². The molecule has 132 valence electrons. The summed E-state index contributed by atoms with van der Waals surface area (Å²) in [5.74, 6) is 0.794. The number of anilines is 1. The van der Waals surface area contributed by atoms with Gasteiger partial charge in [0.1, 0.15) is 6.33 Å². The van der Waals surface area contributed by atoms with Crippen LogP contribution < -0.4 is 10.6 Å². The van der Waals surface area contributed by atoms with Crippen LogP contribution in [-0.4, -0.2) is 27.2 Å². The molecule has 0 unspecified atom stereocenters. The van der Waals surface area contributed by atoms with Crippen LogP contribution in [0.15, 0.2) is 24.5 Å². The van der Waals surface area contributed by atoms with E-state index in [1.165, 1.54) is 37.7 Å². The molecule has 1 fully saturated rings. The molecule has 1 aromatic carbocycles. The third-order valence-corrected chi connectivity index (χ3v) is 5.34. The summed E-state index contributed by atoms with van der Waals surface area (Å²) in [5, 5.41) is 14.7. The Morgan fingerprint density at radius 1 is 1.24 bits per heavy atom. The van der Waals surface area contributed by atoms with Gasteiger partial charge in [-0.2, -0.15) is 0 Å². The standard InChI is InChI=1S/C19H25N5O/c25-19(16-10-4-6-14-7-5-11-20-18(14)16)21-12-17-23-22-13-24(17)15-8-2-1-3-9-15/h4,6,10,13,15,20H,1-3,5,7-9,11-12H2,(H,21,25). The third kappa shape index (κ3) is 3.38. The number of aryl methyl sites for hydroxylation is 1. The zero-order valence-electron chi connectivity index (χ0n) is 14.5. The molecule has 0 radical (unpaired) electrons. The zero-order chi connectivity index (χ0) is 17.1. The second-order valence-corrected chi connectivity index (χ2v) is 7.00. The first-order chi connectivity index (χ1) is 12.3. The number of rotatable bonds is 4. The van der Waals surface area contributed by atoms with Gasteiger partial charge in [-0.3, -0.25) is 4.79 Å². The first kappa shape index (κ1) is 16.1. The van der Waals surface area contributed by atoms with Gasteiger partial charge in [-0.1, -0.05) is 31.4 Å². The van der Waals surface area contributed by atoms with Crippen LogP contribution in [0.3, 0.4) is 0 Å². The van der Waals surface area contributed by atoms with Crippen LogP contribution >= 0.6 is 0 Å². The number of nitrogens with one attached hydrogen (secondary N) is 2. The molecule has 2 N–H and O–H groups in total. The molecule has 1 aromatic heterocycles. The van der Waals surface area contributed by atoms with Crippen molar-refractivity contribution in [2.75, 3.05) is 11.9 Å². The van der Waals surface area contributed by atoms with E-state index in [1.54, 1.807) is 0 Å². The number of fused-ring (bicyclic) bond motifs is 1. The first-order valence-electron chi connectivity index (χ1n) is 9.35. The summed E-state index contributed by atoms with van der Waals surface area (Å²) < 4.78 is 2.15. The predicted octanol–water partition coefficient (Wildman–Crippen LogP) is 3.07. The molecule has 1 saturated carbocycles. The van der Waals surface area contributed by atoms with Gasteiger partial charge in [0, 0.05) is 12.6 Å². The number of hydrogen-bond acceptors (Lipinski definition) is 4. The Kier molecular flexibility index (Phi) is 4.68. The summed E-state index contributed by atoms with van der Waals surface area (Å²) in [7, 11) is 0. The molecule has 1 amide bonds. The number of para-hydroxylation sites is 1. The maximum absolute atomic E-state index is 12.7. The molecule has 2 aromatic rings. The van der Waals surface area contributed by atoms with Crippen molar-refractivity contribution in [2.45, 2.75) is 57.5 Å². The summed E-state index contributed by atoms with van der Waals surface area (Å²) >= 11 is 0. The van der Waals surface area contributed by atoms with Crippen LogP contribution in [0.2, 0.25) is 0 Å². The van der Waals surface area contributed by atoms with Gasteiger partial charge in [0.15, 0.2) is 5.82 Å². The van der Waals surface area contributed by atoms with E-state index >= 15 is 0 Å². The molecule has 6 nitrogen and oxygen atoms in total. The number of nitrogens with zero attached hydrogens (tertiary/aromatic N) is 3. The van der Waals surface area contributed by atoms with Gasteiger partial charge in [0.25, 0.3) is 5.91 Å². The number of aromatic nitrogens is 3. The van der Waals surface area contributed by atoms with Gasteiger partial charge >= 0.3 is 0 Å². The van der Waals surface area contributed by atoms with Crippen molar-refractivity contribution < 1.29 is 4.79 Å². The van der Waals surface area contributed by atoms with E-state index in [0.29, 0.717) is 12.6 Å².